The third-order valence-electron chi connectivity index (χ3n) is 5.79. The van der Waals surface area contributed by atoms with Crippen LogP contribution in [0, 0.1) is 5.82 Å². The molecule has 1 fully saturated rings. The van der Waals surface area contributed by atoms with Gasteiger partial charge in [-0.2, -0.15) is 0 Å². The number of carbonyl (C=O) groups is 2. The summed E-state index contributed by atoms with van der Waals surface area (Å²) < 4.78 is 18.6. The number of rotatable bonds is 6. The van der Waals surface area contributed by atoms with Crippen molar-refractivity contribution < 1.29 is 18.7 Å². The molecule has 12 heteroatoms. The molecule has 1 aromatic carbocycles. The fourth-order valence-electron chi connectivity index (χ4n) is 3.88. The maximum Gasteiger partial charge on any atom is 0.301 e. The molecule has 1 atom stereocenters. The lowest BCUT2D eigenvalue weighted by Gasteiger charge is -2.48. The maximum absolute atomic E-state index is 13.0. The number of hydrogen-bond donors (Lipinski definition) is 2. The number of H-pyrrole nitrogens is 1. The summed E-state index contributed by atoms with van der Waals surface area (Å²) in [5, 5.41) is 11.1. The van der Waals surface area contributed by atoms with Crippen LogP contribution in [0.5, 0.6) is 10.9 Å². The van der Waals surface area contributed by atoms with Crippen molar-refractivity contribution in [2.24, 2.45) is 0 Å². The normalized spacial score (nSPS) is 16.5. The van der Waals surface area contributed by atoms with Gasteiger partial charge in [0.1, 0.15) is 11.6 Å². The number of piperazine rings is 1. The highest BCUT2D eigenvalue weighted by Gasteiger charge is 2.39. The van der Waals surface area contributed by atoms with Crippen LogP contribution in [-0.2, 0) is 4.79 Å². The van der Waals surface area contributed by atoms with E-state index >= 15 is 0 Å². The Morgan fingerprint density at radius 2 is 1.91 bits per heavy atom. The molecule has 0 spiro atoms. The van der Waals surface area contributed by atoms with Gasteiger partial charge in [0.05, 0.1) is 17.1 Å². The Kier molecular flexibility index (Phi) is 6.94. The monoisotopic (exact) mass is 500 g/mol. The number of amides is 2. The van der Waals surface area contributed by atoms with E-state index in [0.717, 1.165) is 11.3 Å². The summed E-state index contributed by atoms with van der Waals surface area (Å²) in [5.74, 6) is -0.400. The molecule has 0 radical (unpaired) electrons. The van der Waals surface area contributed by atoms with E-state index in [1.54, 1.807) is 11.8 Å². The van der Waals surface area contributed by atoms with Gasteiger partial charge in [-0.1, -0.05) is 5.10 Å². The van der Waals surface area contributed by atoms with Gasteiger partial charge >= 0.3 is 5.19 Å². The van der Waals surface area contributed by atoms with E-state index in [2.05, 4.69) is 20.5 Å². The number of aromatic nitrogens is 3. The Hall–Kier alpha value is -3.64. The molecular weight excluding hydrogens is 475 g/mol. The molecule has 10 nitrogen and oxygen atoms in total. The molecule has 2 amide bonds. The van der Waals surface area contributed by atoms with Crippen molar-refractivity contribution in [2.45, 2.75) is 32.4 Å². The van der Waals surface area contributed by atoms with E-state index in [0.29, 0.717) is 30.9 Å². The average Bonchev–Trinajstić information content (AvgIpc) is 3.26. The number of hydrogen-bond acceptors (Lipinski definition) is 8. The molecule has 4 rings (SSSR count). The molecule has 3 heterocycles. The predicted octanol–water partition coefficient (Wildman–Crippen LogP) is 2.72. The first kappa shape index (κ1) is 24.5. The van der Waals surface area contributed by atoms with Crippen LogP contribution in [0.25, 0.3) is 0 Å². The molecule has 0 bridgehead atoms. The van der Waals surface area contributed by atoms with Crippen molar-refractivity contribution in [3.8, 4) is 10.9 Å². The Balaban J connectivity index is 1.35. The number of pyridine rings is 1. The summed E-state index contributed by atoms with van der Waals surface area (Å²) in [5.41, 5.74) is -0.402. The lowest BCUT2D eigenvalue weighted by molar-refractivity contribution is -0.122. The summed E-state index contributed by atoms with van der Waals surface area (Å²) >= 11 is 1.06. The van der Waals surface area contributed by atoms with Crippen molar-refractivity contribution in [3.05, 3.63) is 64.3 Å². The molecule has 1 aliphatic heterocycles. The lowest BCUT2D eigenvalue weighted by atomic mass is 9.96. The quantitative estimate of drug-likeness (QED) is 0.534. The van der Waals surface area contributed by atoms with Crippen molar-refractivity contribution in [3.63, 3.8) is 0 Å². The topological polar surface area (TPSA) is 121 Å². The van der Waals surface area contributed by atoms with Gasteiger partial charge in [0.25, 0.3) is 5.91 Å². The third-order valence-corrected chi connectivity index (χ3v) is 6.51. The number of ether oxygens (including phenoxy) is 1. The number of aromatic amines is 1. The largest absolute Gasteiger partial charge is 0.430 e. The minimum absolute atomic E-state index is 0.175. The predicted molar refractivity (Wildman–Crippen MR) is 128 cm³/mol. The zero-order valence-corrected chi connectivity index (χ0v) is 20.3. The van der Waals surface area contributed by atoms with Crippen LogP contribution in [0.15, 0.2) is 47.4 Å². The Morgan fingerprint density at radius 1 is 1.17 bits per heavy atom. The summed E-state index contributed by atoms with van der Waals surface area (Å²) in [6, 6.07) is 7.85. The van der Waals surface area contributed by atoms with Crippen molar-refractivity contribution in [2.75, 3.05) is 25.0 Å². The first-order chi connectivity index (χ1) is 16.6. The average molecular weight is 501 g/mol. The van der Waals surface area contributed by atoms with Gasteiger partial charge in [0, 0.05) is 31.9 Å². The van der Waals surface area contributed by atoms with Crippen LogP contribution in [-0.4, -0.2) is 68.0 Å². The number of anilines is 1. The SMILES string of the molecule is C[C@H](C(=O)Nc1nnc(Oc2ccc(F)cc2)s1)N1CCN(C(=O)c2ccc(=O)[nH]c2)C(C)(C)C1. The van der Waals surface area contributed by atoms with Crippen molar-refractivity contribution >= 4 is 28.3 Å². The molecule has 2 N–H and O–H groups in total. The first-order valence-corrected chi connectivity index (χ1v) is 11.8. The molecule has 0 aliphatic carbocycles. The number of benzene rings is 1. The zero-order valence-electron chi connectivity index (χ0n) is 19.4. The number of halogens is 1. The van der Waals surface area contributed by atoms with Crippen LogP contribution < -0.4 is 15.6 Å². The van der Waals surface area contributed by atoms with E-state index in [4.69, 9.17) is 4.74 Å². The van der Waals surface area contributed by atoms with Gasteiger partial charge in [0.2, 0.25) is 16.6 Å². The summed E-state index contributed by atoms with van der Waals surface area (Å²) in [4.78, 5) is 43.5. The van der Waals surface area contributed by atoms with Crippen LogP contribution in [0.2, 0.25) is 0 Å². The molecule has 35 heavy (non-hydrogen) atoms. The third kappa shape index (κ3) is 5.72. The second-order valence-corrected chi connectivity index (χ2v) is 9.72. The number of nitrogens with zero attached hydrogens (tertiary/aromatic N) is 4. The van der Waals surface area contributed by atoms with E-state index < -0.39 is 11.6 Å². The zero-order chi connectivity index (χ0) is 25.2. The molecule has 1 saturated heterocycles. The smallest absolute Gasteiger partial charge is 0.301 e. The summed E-state index contributed by atoms with van der Waals surface area (Å²) in [6.45, 7) is 7.08. The Labute approximate surface area is 204 Å². The number of carbonyl (C=O) groups excluding carboxylic acids is 2. The van der Waals surface area contributed by atoms with Crippen LogP contribution >= 0.6 is 11.3 Å². The van der Waals surface area contributed by atoms with Crippen LogP contribution in [0.3, 0.4) is 0 Å². The van der Waals surface area contributed by atoms with Crippen molar-refractivity contribution in [1.29, 1.82) is 0 Å². The van der Waals surface area contributed by atoms with Gasteiger partial charge < -0.3 is 14.6 Å². The standard InChI is InChI=1S/C23H25FN6O4S/c1-14(19(32)26-21-27-28-22(35-21)34-17-7-5-16(24)6-8-17)29-10-11-30(23(2,3)13-29)20(33)15-4-9-18(31)25-12-15/h4-9,12,14H,10-11,13H2,1-3H3,(H,25,31)(H,26,27,32)/t14-/m1/s1. The molecule has 0 unspecified atom stereocenters. The van der Waals surface area contributed by atoms with Gasteiger partial charge in [0.15, 0.2) is 0 Å². The first-order valence-electron chi connectivity index (χ1n) is 10.9. The van der Waals surface area contributed by atoms with Crippen LogP contribution in [0.1, 0.15) is 31.1 Å². The van der Waals surface area contributed by atoms with Gasteiger partial charge in [-0.25, -0.2) is 4.39 Å². The molecule has 1 aliphatic rings. The van der Waals surface area contributed by atoms with Crippen LogP contribution in [0.4, 0.5) is 9.52 Å². The Bertz CT molecular complexity index is 1260. The van der Waals surface area contributed by atoms with E-state index in [1.165, 1.54) is 42.6 Å². The lowest BCUT2D eigenvalue weighted by Crippen LogP contribution is -2.63. The van der Waals surface area contributed by atoms with Crippen molar-refractivity contribution in [1.82, 2.24) is 25.0 Å². The maximum atomic E-state index is 13.0. The molecular formula is C23H25FN6O4S. The molecule has 0 saturated carbocycles. The van der Waals surface area contributed by atoms with E-state index in [1.807, 2.05) is 18.7 Å². The minimum Gasteiger partial charge on any atom is -0.430 e. The van der Waals surface area contributed by atoms with Gasteiger partial charge in [-0.3, -0.25) is 24.6 Å². The Morgan fingerprint density at radius 3 is 2.57 bits per heavy atom. The van der Waals surface area contributed by atoms with Gasteiger partial charge in [-0.15, -0.1) is 5.10 Å². The second-order valence-electron chi connectivity index (χ2n) is 8.78. The molecule has 184 valence electrons. The molecule has 3 aromatic rings. The summed E-state index contributed by atoms with van der Waals surface area (Å²) in [7, 11) is 0. The summed E-state index contributed by atoms with van der Waals surface area (Å²) in [6.07, 6.45) is 1.42. The van der Waals surface area contributed by atoms with Gasteiger partial charge in [-0.05, 0) is 62.4 Å². The number of nitrogens with one attached hydrogen (secondary N) is 2. The highest BCUT2D eigenvalue weighted by atomic mass is 32.1. The highest BCUT2D eigenvalue weighted by molar-refractivity contribution is 7.17. The second kappa shape index (κ2) is 9.92. The highest BCUT2D eigenvalue weighted by Crippen LogP contribution is 2.29. The fraction of sp³-hybridized carbons (Fsp3) is 0.348. The van der Waals surface area contributed by atoms with E-state index in [9.17, 15) is 18.8 Å². The molecule has 2 aromatic heterocycles. The fourth-order valence-corrected chi connectivity index (χ4v) is 4.50. The minimum atomic E-state index is -0.543. The van der Waals surface area contributed by atoms with E-state index in [-0.39, 0.29) is 33.5 Å².